The Balaban J connectivity index is 2.41. The molecule has 0 spiro atoms. The van der Waals surface area contributed by atoms with Crippen LogP contribution >= 0.6 is 15.9 Å². The zero-order valence-electron chi connectivity index (χ0n) is 10.9. The van der Waals surface area contributed by atoms with Crippen LogP contribution in [0, 0.1) is 0 Å². The summed E-state index contributed by atoms with van der Waals surface area (Å²) in [4.78, 5) is 4.16. The van der Waals surface area contributed by atoms with E-state index < -0.39 is 11.7 Å². The molecular weight excluding hydrogens is 343 g/mol. The second-order valence-corrected chi connectivity index (χ2v) is 5.22. The number of aliphatic imine (C=N–C) groups is 1. The molecule has 0 bridgehead atoms. The second kappa shape index (κ2) is 6.26. The maximum Gasteiger partial charge on any atom is 0.416 e. The van der Waals surface area contributed by atoms with E-state index in [0.29, 0.717) is 4.47 Å². The maximum atomic E-state index is 12.8. The van der Waals surface area contributed by atoms with Gasteiger partial charge in [-0.05, 0) is 17.7 Å². The van der Waals surface area contributed by atoms with Crippen LogP contribution in [0.3, 0.4) is 0 Å². The summed E-state index contributed by atoms with van der Waals surface area (Å²) in [6.07, 6.45) is -2.96. The van der Waals surface area contributed by atoms with Crippen LogP contribution < -0.4 is 0 Å². The van der Waals surface area contributed by atoms with Crippen molar-refractivity contribution in [3.8, 4) is 0 Å². The van der Waals surface area contributed by atoms with Crippen LogP contribution in [0.25, 0.3) is 5.57 Å². The average Bonchev–Trinajstić information content (AvgIpc) is 2.45. The van der Waals surface area contributed by atoms with Crippen LogP contribution in [0.2, 0.25) is 0 Å². The van der Waals surface area contributed by atoms with Crippen LogP contribution in [0.15, 0.2) is 64.6 Å². The Morgan fingerprint density at radius 1 is 1.10 bits per heavy atom. The lowest BCUT2D eigenvalue weighted by Crippen LogP contribution is -2.09. The Bertz CT molecular complexity index is 676. The number of rotatable bonds is 3. The van der Waals surface area contributed by atoms with E-state index in [-0.39, 0.29) is 11.3 Å². The first-order valence-electron chi connectivity index (χ1n) is 6.03. The van der Waals surface area contributed by atoms with Crippen molar-refractivity contribution < 1.29 is 13.2 Å². The fourth-order valence-corrected chi connectivity index (χ4v) is 2.05. The molecule has 21 heavy (non-hydrogen) atoms. The first-order chi connectivity index (χ1) is 9.88. The van der Waals surface area contributed by atoms with E-state index in [1.807, 2.05) is 30.3 Å². The number of nitrogens with zero attached hydrogens (tertiary/aromatic N) is 1. The molecule has 0 saturated heterocycles. The van der Waals surface area contributed by atoms with Crippen LogP contribution in [0.5, 0.6) is 0 Å². The minimum absolute atomic E-state index is 0.0297. The Kier molecular flexibility index (Phi) is 4.63. The molecule has 0 aromatic heterocycles. The fraction of sp³-hybridized carbons (Fsp3) is 0.0625. The van der Waals surface area contributed by atoms with Gasteiger partial charge in [0.05, 0.1) is 11.3 Å². The summed E-state index contributed by atoms with van der Waals surface area (Å²) < 4.78 is 39.1. The van der Waals surface area contributed by atoms with Gasteiger partial charge in [-0.15, -0.1) is 0 Å². The van der Waals surface area contributed by atoms with Gasteiger partial charge in [0.2, 0.25) is 0 Å². The lowest BCUT2D eigenvalue weighted by molar-refractivity contribution is -0.0686. The molecule has 2 rings (SSSR count). The minimum Gasteiger partial charge on any atom is -0.256 e. The molecule has 0 aliphatic heterocycles. The first kappa shape index (κ1) is 15.5. The van der Waals surface area contributed by atoms with E-state index in [0.717, 1.165) is 5.56 Å². The third-order valence-corrected chi connectivity index (χ3v) is 3.27. The van der Waals surface area contributed by atoms with Crippen molar-refractivity contribution in [3.05, 3.63) is 70.7 Å². The van der Waals surface area contributed by atoms with Gasteiger partial charge in [-0.2, -0.15) is 13.2 Å². The van der Waals surface area contributed by atoms with Crippen molar-refractivity contribution >= 4 is 33.4 Å². The molecule has 5 heteroatoms. The molecule has 0 saturated carbocycles. The maximum absolute atomic E-state index is 12.8. The van der Waals surface area contributed by atoms with Crippen molar-refractivity contribution in [2.45, 2.75) is 6.18 Å². The highest BCUT2D eigenvalue weighted by Crippen LogP contribution is 2.38. The van der Waals surface area contributed by atoms with E-state index in [2.05, 4.69) is 27.5 Å². The summed E-state index contributed by atoms with van der Waals surface area (Å²) in [6, 6.07) is 13.6. The van der Waals surface area contributed by atoms with Crippen molar-refractivity contribution in [1.82, 2.24) is 0 Å². The average molecular weight is 354 g/mol. The Morgan fingerprint density at radius 2 is 1.76 bits per heavy atom. The Morgan fingerprint density at radius 3 is 2.38 bits per heavy atom. The molecule has 0 atom stereocenters. The molecule has 108 valence electrons. The Hall–Kier alpha value is -1.88. The van der Waals surface area contributed by atoms with Gasteiger partial charge in [0.1, 0.15) is 0 Å². The normalized spacial score (nSPS) is 11.8. The summed E-state index contributed by atoms with van der Waals surface area (Å²) in [5.41, 5.74) is 0.0877. The van der Waals surface area contributed by atoms with Crippen molar-refractivity contribution in [2.24, 2.45) is 4.99 Å². The molecule has 0 N–H and O–H groups in total. The monoisotopic (exact) mass is 353 g/mol. The smallest absolute Gasteiger partial charge is 0.256 e. The SMILES string of the molecule is C=C(c1ccc(Br)cc1N=Cc1ccccc1)C(F)(F)F. The van der Waals surface area contributed by atoms with E-state index >= 15 is 0 Å². The third-order valence-electron chi connectivity index (χ3n) is 2.78. The quantitative estimate of drug-likeness (QED) is 0.620. The highest BCUT2D eigenvalue weighted by molar-refractivity contribution is 9.10. The van der Waals surface area contributed by atoms with Gasteiger partial charge in [0.25, 0.3) is 0 Å². The van der Waals surface area contributed by atoms with Crippen LogP contribution in [0.4, 0.5) is 18.9 Å². The van der Waals surface area contributed by atoms with Gasteiger partial charge in [0.15, 0.2) is 0 Å². The zero-order chi connectivity index (χ0) is 15.5. The number of hydrogen-bond acceptors (Lipinski definition) is 1. The van der Waals surface area contributed by atoms with E-state index in [9.17, 15) is 13.2 Å². The minimum atomic E-state index is -4.48. The molecular formula is C16H11BrF3N. The molecule has 0 aliphatic carbocycles. The highest BCUT2D eigenvalue weighted by atomic mass is 79.9. The zero-order valence-corrected chi connectivity index (χ0v) is 12.4. The van der Waals surface area contributed by atoms with Crippen LogP contribution in [-0.4, -0.2) is 12.4 Å². The molecule has 0 radical (unpaired) electrons. The van der Waals surface area contributed by atoms with Gasteiger partial charge in [-0.25, -0.2) is 0 Å². The highest BCUT2D eigenvalue weighted by Gasteiger charge is 2.34. The van der Waals surface area contributed by atoms with Crippen molar-refractivity contribution in [2.75, 3.05) is 0 Å². The van der Waals surface area contributed by atoms with E-state index in [1.165, 1.54) is 24.4 Å². The largest absolute Gasteiger partial charge is 0.416 e. The number of allylic oxidation sites excluding steroid dienone is 1. The van der Waals surface area contributed by atoms with Gasteiger partial charge < -0.3 is 0 Å². The van der Waals surface area contributed by atoms with Crippen molar-refractivity contribution in [3.63, 3.8) is 0 Å². The molecule has 0 unspecified atom stereocenters. The number of hydrogen-bond donors (Lipinski definition) is 0. The molecule has 0 heterocycles. The van der Waals surface area contributed by atoms with Gasteiger partial charge in [-0.1, -0.05) is 58.9 Å². The van der Waals surface area contributed by atoms with Crippen LogP contribution in [-0.2, 0) is 0 Å². The lowest BCUT2D eigenvalue weighted by atomic mass is 10.1. The predicted molar refractivity (Wildman–Crippen MR) is 82.9 cm³/mol. The summed E-state index contributed by atoms with van der Waals surface area (Å²) >= 11 is 3.24. The fourth-order valence-electron chi connectivity index (χ4n) is 1.70. The lowest BCUT2D eigenvalue weighted by Gasteiger charge is -2.12. The number of alkyl halides is 3. The molecule has 1 nitrogen and oxygen atoms in total. The molecule has 2 aromatic carbocycles. The van der Waals surface area contributed by atoms with Gasteiger partial charge in [-0.3, -0.25) is 4.99 Å². The number of halogens is 4. The van der Waals surface area contributed by atoms with E-state index in [1.54, 1.807) is 0 Å². The molecule has 0 aliphatic rings. The van der Waals surface area contributed by atoms with E-state index in [4.69, 9.17) is 0 Å². The summed E-state index contributed by atoms with van der Waals surface area (Å²) in [7, 11) is 0. The van der Waals surface area contributed by atoms with Crippen LogP contribution in [0.1, 0.15) is 11.1 Å². The Labute approximate surface area is 129 Å². The predicted octanol–water partition coefficient (Wildman–Crippen LogP) is 5.78. The van der Waals surface area contributed by atoms with Gasteiger partial charge in [0, 0.05) is 16.3 Å². The number of benzene rings is 2. The first-order valence-corrected chi connectivity index (χ1v) is 6.82. The van der Waals surface area contributed by atoms with Gasteiger partial charge >= 0.3 is 6.18 Å². The second-order valence-electron chi connectivity index (χ2n) is 4.31. The summed E-state index contributed by atoms with van der Waals surface area (Å²) in [6.45, 7) is 3.13. The summed E-state index contributed by atoms with van der Waals surface area (Å²) in [5.74, 6) is 0. The molecule has 0 amide bonds. The molecule has 2 aromatic rings. The molecule has 0 fully saturated rings. The topological polar surface area (TPSA) is 12.4 Å². The standard InChI is InChI=1S/C16H11BrF3N/c1-11(16(18,19)20)14-8-7-13(17)9-15(14)21-10-12-5-3-2-4-6-12/h2-10H,1H2. The summed E-state index contributed by atoms with van der Waals surface area (Å²) in [5, 5.41) is 0. The third kappa shape index (κ3) is 4.04. The van der Waals surface area contributed by atoms with Crippen molar-refractivity contribution in [1.29, 1.82) is 0 Å².